The number of hydrogen-bond acceptors (Lipinski definition) is 5. The SMILES string of the molecule is CC[C@H](C)c1nc2ccc(Br)cc2c(=O)n1N=Cc1ccc(OCC(=O)Nc2cccc(F)c2)c(I)c1. The van der Waals surface area contributed by atoms with E-state index in [0.29, 0.717) is 28.2 Å². The number of fused-ring (bicyclic) bond motifs is 1. The van der Waals surface area contributed by atoms with E-state index in [1.807, 2.05) is 32.0 Å². The molecule has 1 amide bonds. The molecule has 4 rings (SSSR count). The highest BCUT2D eigenvalue weighted by Crippen LogP contribution is 2.23. The van der Waals surface area contributed by atoms with Gasteiger partial charge in [-0.3, -0.25) is 9.59 Å². The van der Waals surface area contributed by atoms with E-state index in [9.17, 15) is 14.0 Å². The molecule has 0 radical (unpaired) electrons. The Balaban J connectivity index is 1.53. The zero-order valence-corrected chi connectivity index (χ0v) is 23.8. The van der Waals surface area contributed by atoms with Crippen LogP contribution in [0.5, 0.6) is 5.75 Å². The van der Waals surface area contributed by atoms with Gasteiger partial charge in [-0.15, -0.1) is 0 Å². The first-order chi connectivity index (χ1) is 17.7. The van der Waals surface area contributed by atoms with Crippen molar-refractivity contribution in [3.05, 3.63) is 96.3 Å². The predicted molar refractivity (Wildman–Crippen MR) is 155 cm³/mol. The number of benzene rings is 3. The van der Waals surface area contributed by atoms with Gasteiger partial charge in [-0.25, -0.2) is 9.37 Å². The van der Waals surface area contributed by atoms with Crippen molar-refractivity contribution in [2.24, 2.45) is 5.10 Å². The predicted octanol–water partition coefficient (Wildman–Crippen LogP) is 6.32. The number of amides is 1. The number of nitrogens with zero attached hydrogens (tertiary/aromatic N) is 3. The van der Waals surface area contributed by atoms with Crippen LogP contribution in [0, 0.1) is 9.39 Å². The summed E-state index contributed by atoms with van der Waals surface area (Å²) in [5.74, 6) is 0.308. The summed E-state index contributed by atoms with van der Waals surface area (Å²) >= 11 is 5.52. The van der Waals surface area contributed by atoms with Gasteiger partial charge >= 0.3 is 0 Å². The van der Waals surface area contributed by atoms with Crippen LogP contribution in [0.25, 0.3) is 10.9 Å². The average molecular weight is 677 g/mol. The van der Waals surface area contributed by atoms with Crippen molar-refractivity contribution in [3.63, 3.8) is 0 Å². The summed E-state index contributed by atoms with van der Waals surface area (Å²) in [7, 11) is 0. The number of hydrogen-bond donors (Lipinski definition) is 1. The van der Waals surface area contributed by atoms with Gasteiger partial charge in [-0.2, -0.15) is 9.78 Å². The van der Waals surface area contributed by atoms with E-state index in [1.165, 1.54) is 22.9 Å². The topological polar surface area (TPSA) is 85.6 Å². The Kier molecular flexibility index (Phi) is 8.70. The van der Waals surface area contributed by atoms with Crippen LogP contribution in [0.1, 0.15) is 37.6 Å². The Labute approximate surface area is 235 Å². The Morgan fingerprint density at radius 1 is 1.24 bits per heavy atom. The summed E-state index contributed by atoms with van der Waals surface area (Å²) in [6.45, 7) is 3.82. The fraction of sp³-hybridized carbons (Fsp3) is 0.185. The number of aromatic nitrogens is 2. The maximum Gasteiger partial charge on any atom is 0.282 e. The Morgan fingerprint density at radius 3 is 2.78 bits per heavy atom. The van der Waals surface area contributed by atoms with Crippen LogP contribution in [0.3, 0.4) is 0 Å². The average Bonchev–Trinajstić information content (AvgIpc) is 2.87. The second-order valence-electron chi connectivity index (χ2n) is 8.34. The lowest BCUT2D eigenvalue weighted by Crippen LogP contribution is -2.23. The summed E-state index contributed by atoms with van der Waals surface area (Å²) in [6.07, 6.45) is 2.40. The molecule has 0 fully saturated rings. The minimum absolute atomic E-state index is 0.0346. The number of nitrogens with one attached hydrogen (secondary N) is 1. The Bertz CT molecular complexity index is 1560. The van der Waals surface area contributed by atoms with E-state index in [4.69, 9.17) is 9.72 Å². The number of rotatable bonds is 8. The van der Waals surface area contributed by atoms with Crippen LogP contribution in [-0.4, -0.2) is 28.4 Å². The molecular formula is C27H23BrFIN4O3. The van der Waals surface area contributed by atoms with Crippen molar-refractivity contribution in [1.82, 2.24) is 9.66 Å². The Morgan fingerprint density at radius 2 is 2.05 bits per heavy atom. The van der Waals surface area contributed by atoms with Crippen molar-refractivity contribution in [2.75, 3.05) is 11.9 Å². The second kappa shape index (κ2) is 12.0. The van der Waals surface area contributed by atoms with E-state index in [0.717, 1.165) is 20.0 Å². The minimum Gasteiger partial charge on any atom is -0.483 e. The molecule has 1 heterocycles. The van der Waals surface area contributed by atoms with Crippen LogP contribution in [-0.2, 0) is 4.79 Å². The molecule has 0 bridgehead atoms. The van der Waals surface area contributed by atoms with Gasteiger partial charge in [-0.1, -0.05) is 35.8 Å². The summed E-state index contributed by atoms with van der Waals surface area (Å²) < 4.78 is 21.8. The van der Waals surface area contributed by atoms with Crippen LogP contribution in [0.15, 0.2) is 75.0 Å². The molecule has 0 unspecified atom stereocenters. The van der Waals surface area contributed by atoms with Crippen molar-refractivity contribution >= 4 is 67.2 Å². The zero-order valence-electron chi connectivity index (χ0n) is 20.0. The van der Waals surface area contributed by atoms with Gasteiger partial charge in [0.15, 0.2) is 6.61 Å². The molecule has 0 aliphatic heterocycles. The fourth-order valence-corrected chi connectivity index (χ4v) is 4.58. The lowest BCUT2D eigenvalue weighted by Gasteiger charge is -2.14. The number of anilines is 1. The van der Waals surface area contributed by atoms with E-state index in [1.54, 1.807) is 30.5 Å². The summed E-state index contributed by atoms with van der Waals surface area (Å²) in [5, 5.41) is 7.56. The van der Waals surface area contributed by atoms with E-state index in [-0.39, 0.29) is 18.1 Å². The van der Waals surface area contributed by atoms with Gasteiger partial charge in [0.25, 0.3) is 11.5 Å². The van der Waals surface area contributed by atoms with Gasteiger partial charge < -0.3 is 10.1 Å². The van der Waals surface area contributed by atoms with E-state index < -0.39 is 11.7 Å². The molecule has 37 heavy (non-hydrogen) atoms. The molecular weight excluding hydrogens is 654 g/mol. The van der Waals surface area contributed by atoms with Crippen molar-refractivity contribution in [3.8, 4) is 5.75 Å². The van der Waals surface area contributed by atoms with Crippen LogP contribution in [0.2, 0.25) is 0 Å². The molecule has 1 N–H and O–H groups in total. The second-order valence-corrected chi connectivity index (χ2v) is 10.4. The monoisotopic (exact) mass is 676 g/mol. The molecule has 0 aliphatic rings. The molecule has 7 nitrogen and oxygen atoms in total. The molecule has 0 aliphatic carbocycles. The highest BCUT2D eigenvalue weighted by atomic mass is 127. The molecule has 1 aromatic heterocycles. The molecule has 0 saturated carbocycles. The molecule has 1 atom stereocenters. The van der Waals surface area contributed by atoms with Crippen molar-refractivity contribution in [1.29, 1.82) is 0 Å². The fourth-order valence-electron chi connectivity index (χ4n) is 3.52. The molecule has 3 aromatic carbocycles. The van der Waals surface area contributed by atoms with Crippen LogP contribution in [0.4, 0.5) is 10.1 Å². The third-order valence-electron chi connectivity index (χ3n) is 5.63. The highest BCUT2D eigenvalue weighted by Gasteiger charge is 2.16. The van der Waals surface area contributed by atoms with Crippen molar-refractivity contribution in [2.45, 2.75) is 26.2 Å². The largest absolute Gasteiger partial charge is 0.483 e. The third kappa shape index (κ3) is 6.61. The zero-order chi connectivity index (χ0) is 26.5. The molecule has 10 heteroatoms. The molecule has 190 valence electrons. The Hall–Kier alpha value is -3.12. The minimum atomic E-state index is -0.434. The highest BCUT2D eigenvalue weighted by molar-refractivity contribution is 14.1. The van der Waals surface area contributed by atoms with E-state index >= 15 is 0 Å². The maximum absolute atomic E-state index is 13.3. The summed E-state index contributed by atoms with van der Waals surface area (Å²) in [5.41, 5.74) is 1.50. The lowest BCUT2D eigenvalue weighted by molar-refractivity contribution is -0.118. The smallest absolute Gasteiger partial charge is 0.282 e. The maximum atomic E-state index is 13.3. The normalized spacial score (nSPS) is 12.1. The third-order valence-corrected chi connectivity index (χ3v) is 6.97. The van der Waals surface area contributed by atoms with Crippen LogP contribution < -0.4 is 15.6 Å². The van der Waals surface area contributed by atoms with Crippen LogP contribution >= 0.6 is 38.5 Å². The summed E-state index contributed by atoms with van der Waals surface area (Å²) in [6, 6.07) is 16.4. The standard InChI is InChI=1S/C27H23BrFIN4O3/c1-3-16(2)26-33-23-9-8-18(28)12-21(23)27(36)34(26)31-14-17-7-10-24(22(30)11-17)37-15-25(35)32-20-6-4-5-19(29)13-20/h4-14,16H,3,15H2,1-2H3,(H,32,35)/t16-/m0/s1. The van der Waals surface area contributed by atoms with Gasteiger partial charge in [-0.05, 0) is 89.2 Å². The first-order valence-corrected chi connectivity index (χ1v) is 13.4. The molecule has 0 saturated heterocycles. The first kappa shape index (κ1) is 26.9. The van der Waals surface area contributed by atoms with Gasteiger partial charge in [0.05, 0.1) is 20.7 Å². The lowest BCUT2D eigenvalue weighted by atomic mass is 10.1. The molecule has 0 spiro atoms. The number of halogens is 3. The number of carbonyl (C=O) groups excluding carboxylic acids is 1. The quantitative estimate of drug-likeness (QED) is 0.175. The van der Waals surface area contributed by atoms with Gasteiger partial charge in [0.1, 0.15) is 17.4 Å². The van der Waals surface area contributed by atoms with Crippen molar-refractivity contribution < 1.29 is 13.9 Å². The first-order valence-electron chi connectivity index (χ1n) is 11.5. The number of carbonyl (C=O) groups is 1. The summed E-state index contributed by atoms with van der Waals surface area (Å²) in [4.78, 5) is 30.2. The van der Waals surface area contributed by atoms with E-state index in [2.05, 4.69) is 48.9 Å². The number of ether oxygens (including phenoxy) is 1. The van der Waals surface area contributed by atoms with Gasteiger partial charge in [0.2, 0.25) is 0 Å². The molecule has 4 aromatic rings. The van der Waals surface area contributed by atoms with Gasteiger partial charge in [0, 0.05) is 16.1 Å².